The summed E-state index contributed by atoms with van der Waals surface area (Å²) in [6.07, 6.45) is 2.87. The predicted octanol–water partition coefficient (Wildman–Crippen LogP) is 4.92. The Balaban J connectivity index is 1.81. The van der Waals surface area contributed by atoms with Gasteiger partial charge < -0.3 is 9.16 Å². The van der Waals surface area contributed by atoms with Crippen LogP contribution in [-0.2, 0) is 20.6 Å². The average Bonchev–Trinajstić information content (AvgIpc) is 2.92. The van der Waals surface area contributed by atoms with Crippen molar-refractivity contribution in [3.63, 3.8) is 0 Å². The lowest BCUT2D eigenvalue weighted by molar-refractivity contribution is -0.149. The quantitative estimate of drug-likeness (QED) is 0.566. The maximum Gasteiger partial charge on any atom is 0.309 e. The number of esters is 1. The molecule has 2 atom stereocenters. The SMILES string of the molecule is CC(C)(C)[Si](C)(C)OC1CCC(C(=O)OCc2ccccc2)C1. The molecule has 3 nitrogen and oxygen atoms in total. The highest BCUT2D eigenvalue weighted by Gasteiger charge is 2.41. The number of hydrogen-bond acceptors (Lipinski definition) is 3. The summed E-state index contributed by atoms with van der Waals surface area (Å²) in [4.78, 5) is 12.3. The molecule has 2 rings (SSSR count). The first kappa shape index (κ1) is 18.2. The van der Waals surface area contributed by atoms with Crippen molar-refractivity contribution < 1.29 is 14.0 Å². The van der Waals surface area contributed by atoms with Crippen molar-refractivity contribution >= 4 is 14.3 Å². The summed E-state index contributed by atoms with van der Waals surface area (Å²) in [5, 5.41) is 0.207. The summed E-state index contributed by atoms with van der Waals surface area (Å²) < 4.78 is 11.9. The summed E-state index contributed by atoms with van der Waals surface area (Å²) in [7, 11) is -1.76. The van der Waals surface area contributed by atoms with Crippen LogP contribution in [0.5, 0.6) is 0 Å². The van der Waals surface area contributed by atoms with Gasteiger partial charge in [-0.2, -0.15) is 0 Å². The van der Waals surface area contributed by atoms with Crippen molar-refractivity contribution in [2.45, 2.75) is 70.9 Å². The van der Waals surface area contributed by atoms with E-state index < -0.39 is 8.32 Å². The van der Waals surface area contributed by atoms with E-state index in [0.29, 0.717) is 6.61 Å². The van der Waals surface area contributed by atoms with Crippen molar-refractivity contribution in [1.82, 2.24) is 0 Å². The van der Waals surface area contributed by atoms with Gasteiger partial charge in [-0.3, -0.25) is 4.79 Å². The van der Waals surface area contributed by atoms with Crippen molar-refractivity contribution in [1.29, 1.82) is 0 Å². The molecule has 1 aromatic carbocycles. The molecule has 0 aliphatic heterocycles. The first-order valence-electron chi connectivity index (χ1n) is 8.57. The molecule has 0 bridgehead atoms. The largest absolute Gasteiger partial charge is 0.461 e. The Morgan fingerprint density at radius 2 is 1.83 bits per heavy atom. The van der Waals surface area contributed by atoms with Gasteiger partial charge >= 0.3 is 5.97 Å². The first-order chi connectivity index (χ1) is 10.7. The third kappa shape index (κ3) is 4.92. The number of carbonyl (C=O) groups is 1. The Hall–Kier alpha value is -1.13. The minimum atomic E-state index is -1.76. The molecule has 0 aromatic heterocycles. The minimum Gasteiger partial charge on any atom is -0.461 e. The fraction of sp³-hybridized carbons (Fsp3) is 0.632. The van der Waals surface area contributed by atoms with Gasteiger partial charge in [-0.25, -0.2) is 0 Å². The van der Waals surface area contributed by atoms with E-state index in [2.05, 4.69) is 33.9 Å². The van der Waals surface area contributed by atoms with Crippen LogP contribution in [-0.4, -0.2) is 20.4 Å². The maximum absolute atomic E-state index is 12.3. The molecule has 0 N–H and O–H groups in total. The zero-order valence-corrected chi connectivity index (χ0v) is 16.1. The summed E-state index contributed by atoms with van der Waals surface area (Å²) in [5.74, 6) is -0.0799. The van der Waals surface area contributed by atoms with E-state index in [1.807, 2.05) is 30.3 Å². The Morgan fingerprint density at radius 3 is 2.43 bits per heavy atom. The summed E-state index contributed by atoms with van der Waals surface area (Å²) >= 11 is 0. The van der Waals surface area contributed by atoms with Crippen molar-refractivity contribution in [3.8, 4) is 0 Å². The van der Waals surface area contributed by atoms with Crippen LogP contribution in [0.1, 0.15) is 45.6 Å². The fourth-order valence-corrected chi connectivity index (χ4v) is 4.10. The molecule has 1 aliphatic rings. The molecule has 2 unspecified atom stereocenters. The van der Waals surface area contributed by atoms with Gasteiger partial charge in [0.25, 0.3) is 0 Å². The van der Waals surface area contributed by atoms with Gasteiger partial charge in [-0.15, -0.1) is 0 Å². The first-order valence-corrected chi connectivity index (χ1v) is 11.5. The molecule has 23 heavy (non-hydrogen) atoms. The van der Waals surface area contributed by atoms with Crippen LogP contribution in [0.4, 0.5) is 0 Å². The molecule has 0 spiro atoms. The number of ether oxygens (including phenoxy) is 1. The monoisotopic (exact) mass is 334 g/mol. The normalized spacial score (nSPS) is 22.1. The Morgan fingerprint density at radius 1 is 1.17 bits per heavy atom. The Labute approximate surface area is 141 Å². The minimum absolute atomic E-state index is 0.00604. The molecule has 128 valence electrons. The second kappa shape index (κ2) is 7.18. The lowest BCUT2D eigenvalue weighted by Gasteiger charge is -2.38. The number of rotatable bonds is 5. The van der Waals surface area contributed by atoms with Gasteiger partial charge in [0.05, 0.1) is 5.92 Å². The molecule has 1 aliphatic carbocycles. The maximum atomic E-state index is 12.3. The second-order valence-corrected chi connectivity index (χ2v) is 12.9. The number of hydrogen-bond donors (Lipinski definition) is 0. The molecule has 0 amide bonds. The molecule has 0 radical (unpaired) electrons. The topological polar surface area (TPSA) is 35.5 Å². The lowest BCUT2D eigenvalue weighted by atomic mass is 10.1. The van der Waals surface area contributed by atoms with Gasteiger partial charge in [0.1, 0.15) is 6.61 Å². The van der Waals surface area contributed by atoms with Gasteiger partial charge in [0.2, 0.25) is 0 Å². The molecule has 0 heterocycles. The van der Waals surface area contributed by atoms with Crippen LogP contribution in [0.3, 0.4) is 0 Å². The Bertz CT molecular complexity index is 519. The van der Waals surface area contributed by atoms with Gasteiger partial charge in [0, 0.05) is 6.10 Å². The van der Waals surface area contributed by atoms with Crippen LogP contribution in [0.2, 0.25) is 18.1 Å². The summed E-state index contributed by atoms with van der Waals surface area (Å²) in [6, 6.07) is 9.84. The van der Waals surface area contributed by atoms with E-state index in [-0.39, 0.29) is 23.0 Å². The van der Waals surface area contributed by atoms with Crippen molar-refractivity contribution in [2.24, 2.45) is 5.92 Å². The molecule has 0 saturated heterocycles. The van der Waals surface area contributed by atoms with Crippen LogP contribution in [0.25, 0.3) is 0 Å². The highest BCUT2D eigenvalue weighted by atomic mass is 28.4. The molecule has 4 heteroatoms. The molecule has 1 aromatic rings. The van der Waals surface area contributed by atoms with Crippen LogP contribution in [0.15, 0.2) is 30.3 Å². The lowest BCUT2D eigenvalue weighted by Crippen LogP contribution is -2.43. The summed E-state index contributed by atoms with van der Waals surface area (Å²) in [6.45, 7) is 11.7. The number of carbonyl (C=O) groups excluding carboxylic acids is 1. The number of benzene rings is 1. The molecular formula is C19H30O3Si. The predicted molar refractivity (Wildman–Crippen MR) is 95.6 cm³/mol. The molecule has 1 fully saturated rings. The van der Waals surface area contributed by atoms with Crippen LogP contribution < -0.4 is 0 Å². The van der Waals surface area contributed by atoms with E-state index in [1.54, 1.807) is 0 Å². The van der Waals surface area contributed by atoms with E-state index in [1.165, 1.54) is 0 Å². The average molecular weight is 335 g/mol. The van der Waals surface area contributed by atoms with Crippen molar-refractivity contribution in [2.75, 3.05) is 0 Å². The van der Waals surface area contributed by atoms with Gasteiger partial charge in [-0.1, -0.05) is 51.1 Å². The second-order valence-electron chi connectivity index (χ2n) is 8.10. The third-order valence-corrected chi connectivity index (χ3v) is 9.74. The third-order valence-electron chi connectivity index (χ3n) is 5.21. The van der Waals surface area contributed by atoms with E-state index in [0.717, 1.165) is 24.8 Å². The van der Waals surface area contributed by atoms with Gasteiger partial charge in [0.15, 0.2) is 8.32 Å². The molecular weight excluding hydrogens is 304 g/mol. The van der Waals surface area contributed by atoms with Crippen LogP contribution in [0, 0.1) is 5.92 Å². The zero-order chi connectivity index (χ0) is 17.1. The highest BCUT2D eigenvalue weighted by molar-refractivity contribution is 6.74. The van der Waals surface area contributed by atoms with E-state index in [9.17, 15) is 4.79 Å². The van der Waals surface area contributed by atoms with Crippen LogP contribution >= 0.6 is 0 Å². The fourth-order valence-electron chi connectivity index (χ4n) is 2.70. The smallest absolute Gasteiger partial charge is 0.309 e. The molecule has 1 saturated carbocycles. The van der Waals surface area contributed by atoms with Gasteiger partial charge in [-0.05, 0) is 43.0 Å². The van der Waals surface area contributed by atoms with Crippen molar-refractivity contribution in [3.05, 3.63) is 35.9 Å². The van der Waals surface area contributed by atoms with E-state index in [4.69, 9.17) is 9.16 Å². The Kier molecular flexibility index (Phi) is 5.68. The standard InChI is InChI=1S/C19H30O3Si/c1-19(2,3)23(4,5)22-17-12-11-16(13-17)18(20)21-14-15-9-7-6-8-10-15/h6-10,16-17H,11-14H2,1-5H3. The highest BCUT2D eigenvalue weighted by Crippen LogP contribution is 2.40. The summed E-state index contributed by atoms with van der Waals surface area (Å²) in [5.41, 5.74) is 1.04. The zero-order valence-electron chi connectivity index (χ0n) is 15.1. The van der Waals surface area contributed by atoms with E-state index >= 15 is 0 Å².